The molecule has 5 heteroatoms. The van der Waals surface area contributed by atoms with Crippen molar-refractivity contribution in [3.05, 3.63) is 30.0 Å². The third-order valence-electron chi connectivity index (χ3n) is 3.59. The lowest BCUT2D eigenvalue weighted by Crippen LogP contribution is -2.51. The van der Waals surface area contributed by atoms with Gasteiger partial charge in [-0.1, -0.05) is 18.2 Å². The van der Waals surface area contributed by atoms with Gasteiger partial charge in [-0.25, -0.2) is 0 Å². The van der Waals surface area contributed by atoms with Crippen LogP contribution in [-0.2, 0) is 11.2 Å². The Morgan fingerprint density at radius 2 is 2.32 bits per heavy atom. The number of amides is 1. The Bertz CT molecular complexity index is 592. The van der Waals surface area contributed by atoms with Crippen LogP contribution < -0.4 is 5.32 Å². The summed E-state index contributed by atoms with van der Waals surface area (Å²) < 4.78 is 0. The van der Waals surface area contributed by atoms with Gasteiger partial charge in [-0.15, -0.1) is 0 Å². The molecular formula is C14H18N4O. The zero-order valence-electron chi connectivity index (χ0n) is 11.0. The first-order chi connectivity index (χ1) is 9.24. The van der Waals surface area contributed by atoms with E-state index in [4.69, 9.17) is 0 Å². The van der Waals surface area contributed by atoms with Gasteiger partial charge in [-0.05, 0) is 13.0 Å². The second-order valence-corrected chi connectivity index (χ2v) is 5.09. The fourth-order valence-electron chi connectivity index (χ4n) is 2.57. The summed E-state index contributed by atoms with van der Waals surface area (Å²) in [6, 6.07) is 8.25. The molecule has 0 saturated carbocycles. The number of fused-ring (bicyclic) bond motifs is 1. The maximum atomic E-state index is 12.3. The van der Waals surface area contributed by atoms with Crippen molar-refractivity contribution in [3.63, 3.8) is 0 Å². The number of carbonyl (C=O) groups excluding carboxylic acids is 1. The second-order valence-electron chi connectivity index (χ2n) is 5.09. The molecule has 2 N–H and O–H groups in total. The summed E-state index contributed by atoms with van der Waals surface area (Å²) in [6.45, 7) is 4.54. The lowest BCUT2D eigenvalue weighted by atomic mass is 10.1. The molecule has 0 bridgehead atoms. The van der Waals surface area contributed by atoms with Crippen molar-refractivity contribution in [2.24, 2.45) is 0 Å². The highest BCUT2D eigenvalue weighted by Gasteiger charge is 2.21. The molecule has 1 aliphatic heterocycles. The smallest absolute Gasteiger partial charge is 0.228 e. The Balaban J connectivity index is 1.75. The van der Waals surface area contributed by atoms with Gasteiger partial charge in [-0.2, -0.15) is 5.10 Å². The normalized spacial score (nSPS) is 19.8. The molecule has 1 unspecified atom stereocenters. The Hall–Kier alpha value is -1.88. The van der Waals surface area contributed by atoms with Crippen molar-refractivity contribution in [2.75, 3.05) is 19.6 Å². The van der Waals surface area contributed by atoms with E-state index >= 15 is 0 Å². The van der Waals surface area contributed by atoms with Gasteiger partial charge in [0.25, 0.3) is 0 Å². The van der Waals surface area contributed by atoms with Crippen LogP contribution in [0.25, 0.3) is 10.9 Å². The number of hydrogen-bond acceptors (Lipinski definition) is 3. The van der Waals surface area contributed by atoms with Crippen molar-refractivity contribution >= 4 is 16.8 Å². The van der Waals surface area contributed by atoms with Gasteiger partial charge in [0.2, 0.25) is 5.91 Å². The highest BCUT2D eigenvalue weighted by atomic mass is 16.2. The molecule has 0 spiro atoms. The van der Waals surface area contributed by atoms with Gasteiger partial charge in [0.15, 0.2) is 0 Å². The zero-order valence-corrected chi connectivity index (χ0v) is 11.0. The highest BCUT2D eigenvalue weighted by Crippen LogP contribution is 2.16. The van der Waals surface area contributed by atoms with Crippen molar-refractivity contribution in [3.8, 4) is 0 Å². The van der Waals surface area contributed by atoms with Crippen LogP contribution in [0, 0.1) is 0 Å². The predicted molar refractivity (Wildman–Crippen MR) is 73.8 cm³/mol. The fraction of sp³-hybridized carbons (Fsp3) is 0.429. The van der Waals surface area contributed by atoms with Crippen molar-refractivity contribution in [1.29, 1.82) is 0 Å². The minimum Gasteiger partial charge on any atom is -0.340 e. The average molecular weight is 258 g/mol. The van der Waals surface area contributed by atoms with Crippen LogP contribution >= 0.6 is 0 Å². The van der Waals surface area contributed by atoms with Gasteiger partial charge >= 0.3 is 0 Å². The summed E-state index contributed by atoms with van der Waals surface area (Å²) in [7, 11) is 0. The third-order valence-corrected chi connectivity index (χ3v) is 3.59. The molecule has 1 fully saturated rings. The first-order valence-electron chi connectivity index (χ1n) is 6.67. The first-order valence-corrected chi connectivity index (χ1v) is 6.67. The van der Waals surface area contributed by atoms with E-state index in [1.807, 2.05) is 29.2 Å². The zero-order chi connectivity index (χ0) is 13.2. The number of rotatable bonds is 2. The number of benzene rings is 1. The van der Waals surface area contributed by atoms with E-state index in [-0.39, 0.29) is 5.91 Å². The molecule has 1 saturated heterocycles. The number of para-hydroxylation sites is 1. The number of carbonyl (C=O) groups is 1. The van der Waals surface area contributed by atoms with Gasteiger partial charge in [0, 0.05) is 31.1 Å². The standard InChI is InChI=1S/C14H18N4O/c1-10-9-18(7-6-15-10)14(19)8-13-11-4-2-3-5-12(11)16-17-13/h2-5,10,15H,6-9H2,1H3,(H,16,17). The largest absolute Gasteiger partial charge is 0.340 e. The monoisotopic (exact) mass is 258 g/mol. The molecule has 1 amide bonds. The molecule has 1 aromatic carbocycles. The number of hydrogen-bond donors (Lipinski definition) is 2. The molecule has 100 valence electrons. The molecule has 5 nitrogen and oxygen atoms in total. The maximum absolute atomic E-state index is 12.3. The van der Waals surface area contributed by atoms with Crippen molar-refractivity contribution in [2.45, 2.75) is 19.4 Å². The number of piperazine rings is 1. The molecule has 19 heavy (non-hydrogen) atoms. The van der Waals surface area contributed by atoms with E-state index in [0.717, 1.165) is 36.2 Å². The van der Waals surface area contributed by atoms with Crippen LogP contribution in [0.15, 0.2) is 24.3 Å². The summed E-state index contributed by atoms with van der Waals surface area (Å²) in [6.07, 6.45) is 0.396. The van der Waals surface area contributed by atoms with Gasteiger partial charge < -0.3 is 10.2 Å². The number of H-pyrrole nitrogens is 1. The summed E-state index contributed by atoms with van der Waals surface area (Å²) in [5.74, 6) is 0.169. The quantitative estimate of drug-likeness (QED) is 0.842. The maximum Gasteiger partial charge on any atom is 0.228 e. The number of aromatic nitrogens is 2. The van der Waals surface area contributed by atoms with E-state index in [2.05, 4.69) is 22.4 Å². The minimum atomic E-state index is 0.169. The van der Waals surface area contributed by atoms with Crippen LogP contribution in [0.1, 0.15) is 12.6 Å². The number of nitrogens with one attached hydrogen (secondary N) is 2. The molecular weight excluding hydrogens is 240 g/mol. The van der Waals surface area contributed by atoms with E-state index in [9.17, 15) is 4.79 Å². The van der Waals surface area contributed by atoms with Crippen LogP contribution in [0.5, 0.6) is 0 Å². The molecule has 2 heterocycles. The minimum absolute atomic E-state index is 0.169. The Morgan fingerprint density at radius 3 is 3.16 bits per heavy atom. The lowest BCUT2D eigenvalue weighted by molar-refractivity contribution is -0.131. The Morgan fingerprint density at radius 1 is 1.47 bits per heavy atom. The molecule has 2 aromatic rings. The van der Waals surface area contributed by atoms with Crippen molar-refractivity contribution in [1.82, 2.24) is 20.4 Å². The number of aromatic amines is 1. The van der Waals surface area contributed by atoms with E-state index in [1.165, 1.54) is 0 Å². The lowest BCUT2D eigenvalue weighted by Gasteiger charge is -2.31. The highest BCUT2D eigenvalue weighted by molar-refractivity contribution is 5.87. The van der Waals surface area contributed by atoms with Gasteiger partial charge in [0.05, 0.1) is 17.6 Å². The average Bonchev–Trinajstić information content (AvgIpc) is 2.82. The molecule has 1 aromatic heterocycles. The third kappa shape index (κ3) is 2.46. The predicted octanol–water partition coefficient (Wildman–Crippen LogP) is 0.926. The molecule has 1 atom stereocenters. The first kappa shape index (κ1) is 12.2. The second kappa shape index (κ2) is 5.01. The van der Waals surface area contributed by atoms with Crippen LogP contribution in [0.3, 0.4) is 0 Å². The SMILES string of the molecule is CC1CN(C(=O)Cc2[nH]nc3ccccc23)CCN1. The van der Waals surface area contributed by atoms with Crippen LogP contribution in [0.2, 0.25) is 0 Å². The molecule has 1 aliphatic rings. The van der Waals surface area contributed by atoms with Gasteiger partial charge in [-0.3, -0.25) is 9.89 Å². The summed E-state index contributed by atoms with van der Waals surface area (Å²) in [4.78, 5) is 14.2. The fourth-order valence-corrected chi connectivity index (χ4v) is 2.57. The van der Waals surface area contributed by atoms with Crippen LogP contribution in [-0.4, -0.2) is 46.7 Å². The number of nitrogens with zero attached hydrogens (tertiary/aromatic N) is 2. The van der Waals surface area contributed by atoms with Crippen molar-refractivity contribution < 1.29 is 4.79 Å². The summed E-state index contributed by atoms with van der Waals surface area (Å²) in [5, 5.41) is 11.6. The summed E-state index contributed by atoms with van der Waals surface area (Å²) >= 11 is 0. The van der Waals surface area contributed by atoms with Crippen LogP contribution in [0.4, 0.5) is 0 Å². The summed E-state index contributed by atoms with van der Waals surface area (Å²) in [5.41, 5.74) is 1.82. The Kier molecular flexibility index (Phi) is 3.21. The van der Waals surface area contributed by atoms with Gasteiger partial charge in [0.1, 0.15) is 0 Å². The molecule has 0 radical (unpaired) electrons. The molecule has 3 rings (SSSR count). The van der Waals surface area contributed by atoms with E-state index < -0.39 is 0 Å². The molecule has 0 aliphatic carbocycles. The van der Waals surface area contributed by atoms with E-state index in [0.29, 0.717) is 12.5 Å². The van der Waals surface area contributed by atoms with E-state index in [1.54, 1.807) is 0 Å². The topological polar surface area (TPSA) is 61.0 Å². The Labute approximate surface area is 112 Å².